The summed E-state index contributed by atoms with van der Waals surface area (Å²) in [6.07, 6.45) is 6.71. The Morgan fingerprint density at radius 2 is 2.11 bits per heavy atom. The van der Waals surface area contributed by atoms with Crippen molar-refractivity contribution in [2.75, 3.05) is 0 Å². The molecule has 0 nitrogen and oxygen atoms in total. The van der Waals surface area contributed by atoms with Gasteiger partial charge in [-0.05, 0) is 0 Å². The van der Waals surface area contributed by atoms with Crippen LogP contribution in [-0.2, 0) is 37.6 Å². The molecule has 0 amide bonds. The molecular weight excluding hydrogens is 327 g/mol. The van der Waals surface area contributed by atoms with Gasteiger partial charge in [-0.15, -0.1) is 0 Å². The van der Waals surface area contributed by atoms with Crippen molar-refractivity contribution in [2.24, 2.45) is 0 Å². The second-order valence-electron chi connectivity index (χ2n) is 5.66. The molecule has 1 heterocycles. The fraction of sp³-hybridized carbons (Fsp3) is 0.412. The second-order valence-corrected chi connectivity index (χ2v) is 9.21. The molecule has 1 aliphatic rings. The topological polar surface area (TPSA) is 0 Å². The van der Waals surface area contributed by atoms with Gasteiger partial charge in [-0.2, -0.15) is 0 Å². The van der Waals surface area contributed by atoms with E-state index in [2.05, 4.69) is 42.6 Å². The molecule has 1 unspecified atom stereocenters. The second kappa shape index (κ2) is 5.66. The van der Waals surface area contributed by atoms with Gasteiger partial charge in [0.05, 0.1) is 0 Å². The van der Waals surface area contributed by atoms with Gasteiger partial charge in [0.2, 0.25) is 0 Å². The average Bonchev–Trinajstić information content (AvgIpc) is 3.02. The van der Waals surface area contributed by atoms with Gasteiger partial charge in [0.1, 0.15) is 0 Å². The van der Waals surface area contributed by atoms with Crippen LogP contribution in [0.2, 0.25) is 3.12 Å². The third kappa shape index (κ3) is 2.81. The molecule has 1 aromatic carbocycles. The molecule has 1 aliphatic carbocycles. The van der Waals surface area contributed by atoms with Gasteiger partial charge in [-0.25, -0.2) is 0 Å². The molecule has 3 rings (SSSR count). The summed E-state index contributed by atoms with van der Waals surface area (Å²) in [5.74, 6) is 0. The van der Waals surface area contributed by atoms with Crippen LogP contribution in [0.1, 0.15) is 37.3 Å². The number of fused-ring (bicyclic) bond motifs is 1. The van der Waals surface area contributed by atoms with Crippen molar-refractivity contribution in [3.05, 3.63) is 46.8 Å². The minimum absolute atomic E-state index is 0.582. The van der Waals surface area contributed by atoms with E-state index in [4.69, 9.17) is 0 Å². The van der Waals surface area contributed by atoms with E-state index in [0.29, 0.717) is 3.12 Å². The van der Waals surface area contributed by atoms with Gasteiger partial charge in [0, 0.05) is 0 Å². The Hall–Kier alpha value is -0.197. The van der Waals surface area contributed by atoms with Gasteiger partial charge in [-0.1, -0.05) is 0 Å². The van der Waals surface area contributed by atoms with Crippen molar-refractivity contribution in [1.29, 1.82) is 0 Å². The molecule has 0 radical (unpaired) electrons. The zero-order chi connectivity index (χ0) is 13.3. The van der Waals surface area contributed by atoms with E-state index in [1.165, 1.54) is 42.5 Å². The number of unbranched alkanes of at least 4 members (excludes halogenated alkanes) is 1. The normalized spacial score (nSPS) is 21.5. The maximum atomic E-state index is 2.35. The number of thiophene rings is 1. The monoisotopic (exact) mass is 345 g/mol. The van der Waals surface area contributed by atoms with Crippen LogP contribution in [-0.4, -0.2) is 0 Å². The number of rotatable bonds is 4. The van der Waals surface area contributed by atoms with Gasteiger partial charge < -0.3 is 0 Å². The van der Waals surface area contributed by atoms with Gasteiger partial charge in [0.15, 0.2) is 0 Å². The van der Waals surface area contributed by atoms with Crippen LogP contribution >= 0.6 is 11.3 Å². The van der Waals surface area contributed by atoms with E-state index < -0.39 is 0 Å². The first-order valence-electron chi connectivity index (χ1n) is 7.11. The van der Waals surface area contributed by atoms with Crippen molar-refractivity contribution >= 4 is 11.3 Å². The quantitative estimate of drug-likeness (QED) is 0.694. The predicted molar refractivity (Wildman–Crippen MR) is 79.4 cm³/mol. The third-order valence-corrected chi connectivity index (χ3v) is 6.50. The number of hydrogen-bond donors (Lipinski definition) is 0. The fourth-order valence-corrected chi connectivity index (χ4v) is 5.25. The summed E-state index contributed by atoms with van der Waals surface area (Å²) in [6, 6.07) is 11.3. The Morgan fingerprint density at radius 1 is 1.21 bits per heavy atom. The molecule has 0 N–H and O–H groups in total. The van der Waals surface area contributed by atoms with E-state index >= 15 is 0 Å². The molecule has 2 aromatic rings. The summed E-state index contributed by atoms with van der Waals surface area (Å²) in [5.41, 5.74) is 4.74. The Morgan fingerprint density at radius 3 is 2.84 bits per heavy atom. The van der Waals surface area contributed by atoms with Crippen LogP contribution in [0, 0.1) is 0 Å². The van der Waals surface area contributed by atoms with Gasteiger partial charge >= 0.3 is 135 Å². The first kappa shape index (κ1) is 13.8. The first-order chi connectivity index (χ1) is 9.22. The molecule has 0 spiro atoms. The summed E-state index contributed by atoms with van der Waals surface area (Å²) >= 11 is 3.59. The molecule has 1 aromatic heterocycles. The summed E-state index contributed by atoms with van der Waals surface area (Å²) < 4.78 is 0.582. The first-order valence-corrected chi connectivity index (χ1v) is 9.22. The molecule has 19 heavy (non-hydrogen) atoms. The van der Waals surface area contributed by atoms with Gasteiger partial charge in [-0.3, -0.25) is 0 Å². The van der Waals surface area contributed by atoms with E-state index in [-0.39, 0.29) is 0 Å². The van der Waals surface area contributed by atoms with Crippen LogP contribution in [0.4, 0.5) is 0 Å². The third-order valence-electron chi connectivity index (χ3n) is 4.11. The van der Waals surface area contributed by atoms with Crippen LogP contribution < -0.4 is 0 Å². The van der Waals surface area contributed by atoms with Crippen LogP contribution in [0.3, 0.4) is 0 Å². The summed E-state index contributed by atoms with van der Waals surface area (Å²) in [6.45, 7) is 2.30. The summed E-state index contributed by atoms with van der Waals surface area (Å²) in [7, 11) is 0. The molecule has 0 saturated heterocycles. The molecular formula is C17H19SZr. The van der Waals surface area contributed by atoms with Gasteiger partial charge in [0.25, 0.3) is 0 Å². The fourth-order valence-electron chi connectivity index (χ4n) is 3.13. The van der Waals surface area contributed by atoms with E-state index in [0.717, 1.165) is 0 Å². The molecule has 0 aliphatic heterocycles. The molecule has 1 atom stereocenters. The Balaban J connectivity index is 1.93. The van der Waals surface area contributed by atoms with E-state index in [1.807, 2.05) is 11.3 Å². The van der Waals surface area contributed by atoms with E-state index in [9.17, 15) is 0 Å². The molecule has 0 fully saturated rings. The standard InChI is InChI=1S/C17H19S.Zr/c1-2-3-6-13-11-14-7-4-8-15(16(14)12-13)17-9-5-10-18-17;/h4-5,7-10H,2-3,6,11-12H2,1H3;. The average molecular weight is 347 g/mol. The zero-order valence-corrected chi connectivity index (χ0v) is 14.7. The van der Waals surface area contributed by atoms with Crippen LogP contribution in [0.5, 0.6) is 0 Å². The Kier molecular flexibility index (Phi) is 4.10. The summed E-state index contributed by atoms with van der Waals surface area (Å²) in [5, 5.41) is 2.19. The zero-order valence-electron chi connectivity index (χ0n) is 11.4. The minimum atomic E-state index is 0.582. The molecule has 0 bridgehead atoms. The number of benzene rings is 1. The SMILES string of the molecule is CCCC[C]1([Zr])Cc2cccc(-c3cccs3)c2C1. The van der Waals surface area contributed by atoms with Crippen molar-refractivity contribution in [1.82, 2.24) is 0 Å². The van der Waals surface area contributed by atoms with Crippen LogP contribution in [0.25, 0.3) is 10.4 Å². The maximum absolute atomic E-state index is 2.35. The van der Waals surface area contributed by atoms with Crippen molar-refractivity contribution in [2.45, 2.75) is 42.2 Å². The van der Waals surface area contributed by atoms with Crippen LogP contribution in [0.15, 0.2) is 35.7 Å². The Bertz CT molecular complexity index is 559. The molecule has 97 valence electrons. The number of hydrogen-bond acceptors (Lipinski definition) is 1. The van der Waals surface area contributed by atoms with Crippen molar-refractivity contribution in [3.8, 4) is 10.4 Å². The predicted octanol–water partition coefficient (Wildman–Crippen LogP) is 5.41. The van der Waals surface area contributed by atoms with Crippen molar-refractivity contribution in [3.63, 3.8) is 0 Å². The van der Waals surface area contributed by atoms with Crippen molar-refractivity contribution < 1.29 is 24.7 Å². The van der Waals surface area contributed by atoms with E-state index in [1.54, 1.807) is 35.8 Å². The molecule has 2 heteroatoms. The Labute approximate surface area is 135 Å². The molecule has 0 saturated carbocycles. The summed E-state index contributed by atoms with van der Waals surface area (Å²) in [4.78, 5) is 1.44.